The quantitative estimate of drug-likeness (QED) is 0.628. The molecule has 8 nitrogen and oxygen atoms in total. The molecule has 0 rings (SSSR count). The second kappa shape index (κ2) is 11.4. The van der Waals surface area contributed by atoms with Crippen LogP contribution >= 0.6 is 0 Å². The van der Waals surface area contributed by atoms with E-state index in [-0.39, 0.29) is 0 Å². The molecule has 0 aromatic heterocycles. The highest BCUT2D eigenvalue weighted by molar-refractivity contribution is 7.62. The second-order valence-electron chi connectivity index (χ2n) is 2.59. The summed E-state index contributed by atoms with van der Waals surface area (Å²) in [5, 5.41) is 9.54. The maximum absolute atomic E-state index is 10.5. The highest BCUT2D eigenvalue weighted by Gasteiger charge is 1.95. The summed E-state index contributed by atoms with van der Waals surface area (Å²) >= 11 is 0. The van der Waals surface area contributed by atoms with Gasteiger partial charge in [0.05, 0.1) is 0 Å². The van der Waals surface area contributed by atoms with Crippen LogP contribution in [0.4, 0.5) is 9.59 Å². The van der Waals surface area contributed by atoms with Crippen molar-refractivity contribution in [3.8, 4) is 0 Å². The fraction of sp³-hybridized carbons (Fsp3) is 0.714. The largest absolute Gasteiger partial charge is 0.465 e. The summed E-state index contributed by atoms with van der Waals surface area (Å²) in [5.41, 5.74) is 4.03. The van der Waals surface area contributed by atoms with E-state index in [0.717, 1.165) is 19.3 Å². The number of primary amides is 1. The van der Waals surface area contributed by atoms with Crippen molar-refractivity contribution in [2.45, 2.75) is 26.2 Å². The van der Waals surface area contributed by atoms with Gasteiger partial charge in [0.25, 0.3) is 0 Å². The molecule has 0 fully saturated rings. The van der Waals surface area contributed by atoms with Crippen LogP contribution in [0, 0.1) is 0 Å². The minimum Gasteiger partial charge on any atom is -0.465 e. The van der Waals surface area contributed by atoms with Crippen molar-refractivity contribution >= 4 is 22.6 Å². The summed E-state index contributed by atoms with van der Waals surface area (Å²) in [4.78, 5) is 19.3. The van der Waals surface area contributed by atoms with Crippen LogP contribution in [0.2, 0.25) is 0 Å². The lowest BCUT2D eigenvalue weighted by Gasteiger charge is -1.97. The average molecular weight is 253 g/mol. The molecule has 0 radical (unpaired) electrons. The lowest BCUT2D eigenvalue weighted by Crippen LogP contribution is -2.20. The van der Waals surface area contributed by atoms with Crippen molar-refractivity contribution in [2.75, 3.05) is 6.54 Å². The normalized spacial score (nSPS) is 8.31. The lowest BCUT2D eigenvalue weighted by molar-refractivity contribution is 0.205. The predicted octanol–water partition coefficient (Wildman–Crippen LogP) is 0.572. The van der Waals surface area contributed by atoms with Gasteiger partial charge in [0.1, 0.15) is 0 Å². The molecule has 0 aromatic rings. The van der Waals surface area contributed by atoms with E-state index in [2.05, 4.69) is 15.4 Å². The van der Waals surface area contributed by atoms with Crippen molar-refractivity contribution in [1.29, 1.82) is 0 Å². The Morgan fingerprint density at radius 3 is 2.25 bits per heavy atom. The maximum Gasteiger partial charge on any atom is 0.402 e. The van der Waals surface area contributed by atoms with Crippen molar-refractivity contribution in [3.63, 3.8) is 0 Å². The molecule has 0 saturated heterocycles. The van der Waals surface area contributed by atoms with Crippen molar-refractivity contribution in [2.24, 2.45) is 10.1 Å². The molecule has 0 aliphatic heterocycles. The summed E-state index contributed by atoms with van der Waals surface area (Å²) in [7, 11) is -2.64. The minimum atomic E-state index is -2.64. The highest BCUT2D eigenvalue weighted by atomic mass is 32.2. The van der Waals surface area contributed by atoms with E-state index in [0.29, 0.717) is 6.54 Å². The van der Waals surface area contributed by atoms with Gasteiger partial charge in [0.2, 0.25) is 0 Å². The van der Waals surface area contributed by atoms with Crippen LogP contribution in [0.3, 0.4) is 0 Å². The average Bonchev–Trinajstić information content (AvgIpc) is 2.10. The Labute approximate surface area is 94.5 Å². The molecule has 0 atom stereocenters. The predicted molar refractivity (Wildman–Crippen MR) is 56.5 cm³/mol. The van der Waals surface area contributed by atoms with Crippen LogP contribution in [0.1, 0.15) is 26.2 Å². The molecule has 0 aliphatic rings. The number of carbonyl (C=O) groups is 2. The second-order valence-corrected chi connectivity index (χ2v) is 3.20. The smallest absolute Gasteiger partial charge is 0.402 e. The van der Waals surface area contributed by atoms with Crippen LogP contribution in [0.25, 0.3) is 0 Å². The number of carbonyl (C=O) groups excluding carboxylic acids is 1. The third-order valence-electron chi connectivity index (χ3n) is 1.21. The number of nitrogens with two attached hydrogens (primary N) is 1. The fourth-order valence-corrected chi connectivity index (χ4v) is 0.870. The van der Waals surface area contributed by atoms with Crippen LogP contribution in [-0.2, 0) is 10.5 Å². The SMILES string of the molecule is CCCCCNC(=O)N=S(=O)=O.NC(=O)O. The molecule has 0 spiro atoms. The van der Waals surface area contributed by atoms with Crippen molar-refractivity contribution < 1.29 is 23.1 Å². The number of rotatable bonds is 4. The molecule has 4 N–H and O–H groups in total. The van der Waals surface area contributed by atoms with E-state index < -0.39 is 22.6 Å². The monoisotopic (exact) mass is 253 g/mol. The molecule has 0 bridgehead atoms. The van der Waals surface area contributed by atoms with Gasteiger partial charge in [-0.25, -0.2) is 9.59 Å². The molecule has 0 heterocycles. The fourth-order valence-electron chi connectivity index (χ4n) is 0.670. The molecule has 0 aliphatic carbocycles. The number of nitrogens with one attached hydrogen (secondary N) is 1. The number of nitrogens with zero attached hydrogens (tertiary/aromatic N) is 1. The Bertz CT molecular complexity index is 326. The van der Waals surface area contributed by atoms with Gasteiger partial charge in [-0.3, -0.25) is 0 Å². The minimum absolute atomic E-state index is 0.480. The molecule has 3 amide bonds. The van der Waals surface area contributed by atoms with E-state index in [1.54, 1.807) is 0 Å². The van der Waals surface area contributed by atoms with Gasteiger partial charge in [0, 0.05) is 6.54 Å². The number of unbranched alkanes of at least 4 members (excludes halogenated alkanes) is 2. The van der Waals surface area contributed by atoms with Crippen molar-refractivity contribution in [1.82, 2.24) is 5.32 Å². The molecule has 0 unspecified atom stereocenters. The van der Waals surface area contributed by atoms with E-state index in [1.807, 2.05) is 6.92 Å². The van der Waals surface area contributed by atoms with Gasteiger partial charge >= 0.3 is 22.6 Å². The maximum atomic E-state index is 10.5. The Morgan fingerprint density at radius 1 is 1.38 bits per heavy atom. The number of urea groups is 1. The van der Waals surface area contributed by atoms with Crippen LogP contribution in [-0.4, -0.2) is 32.2 Å². The topological polar surface area (TPSA) is 139 Å². The molecular formula is C7H15N3O5S. The van der Waals surface area contributed by atoms with Crippen molar-refractivity contribution in [3.05, 3.63) is 0 Å². The van der Waals surface area contributed by atoms with E-state index in [1.165, 1.54) is 0 Å². The molecule has 0 saturated carbocycles. The summed E-state index contributed by atoms with van der Waals surface area (Å²) in [6.45, 7) is 2.52. The van der Waals surface area contributed by atoms with Gasteiger partial charge in [-0.15, -0.1) is 0 Å². The third-order valence-corrected chi connectivity index (χ3v) is 1.53. The molecular weight excluding hydrogens is 238 g/mol. The Hall–Kier alpha value is -1.64. The molecule has 9 heteroatoms. The van der Waals surface area contributed by atoms with Gasteiger partial charge in [-0.05, 0) is 6.42 Å². The van der Waals surface area contributed by atoms with Gasteiger partial charge in [0.15, 0.2) is 0 Å². The first kappa shape index (κ1) is 16.8. The van der Waals surface area contributed by atoms with Crippen LogP contribution < -0.4 is 11.1 Å². The zero-order valence-corrected chi connectivity index (χ0v) is 9.66. The van der Waals surface area contributed by atoms with E-state index in [4.69, 9.17) is 9.90 Å². The standard InChI is InChI=1S/C6H12N2O3S.CH3NO2/c1-2-3-4-5-7-6(9)8-12(10)11;2-1(3)4/h2-5H2,1H3,(H,7,9);2H2,(H,3,4). The number of hydrogen-bond acceptors (Lipinski definition) is 4. The summed E-state index contributed by atoms with van der Waals surface area (Å²) < 4.78 is 22.5. The van der Waals surface area contributed by atoms with E-state index in [9.17, 15) is 13.2 Å². The number of amides is 3. The highest BCUT2D eigenvalue weighted by Crippen LogP contribution is 1.90. The Morgan fingerprint density at radius 2 is 1.88 bits per heavy atom. The Kier molecular flexibility index (Phi) is 12.0. The first-order chi connectivity index (χ1) is 7.40. The van der Waals surface area contributed by atoms with E-state index >= 15 is 0 Å². The van der Waals surface area contributed by atoms with Crippen LogP contribution in [0.15, 0.2) is 4.36 Å². The van der Waals surface area contributed by atoms with Gasteiger partial charge in [-0.1, -0.05) is 24.1 Å². The zero-order valence-electron chi connectivity index (χ0n) is 8.84. The van der Waals surface area contributed by atoms with Gasteiger partial charge < -0.3 is 16.2 Å². The number of hydrogen-bond donors (Lipinski definition) is 3. The molecule has 94 valence electrons. The summed E-state index contributed by atoms with van der Waals surface area (Å²) in [6, 6.07) is -0.792. The summed E-state index contributed by atoms with van der Waals surface area (Å²) in [5.74, 6) is 0. The number of carboxylic acid groups (broad SMARTS) is 1. The summed E-state index contributed by atoms with van der Waals surface area (Å²) in [6.07, 6.45) is 1.59. The first-order valence-corrected chi connectivity index (χ1v) is 5.50. The Balaban J connectivity index is 0. The molecule has 0 aromatic carbocycles. The van der Waals surface area contributed by atoms with Gasteiger partial charge in [-0.2, -0.15) is 8.42 Å². The third kappa shape index (κ3) is 22.8. The first-order valence-electron chi connectivity index (χ1n) is 4.47. The molecule has 16 heavy (non-hydrogen) atoms. The zero-order chi connectivity index (χ0) is 13.0. The lowest BCUT2D eigenvalue weighted by atomic mass is 10.2. The van der Waals surface area contributed by atoms with Crippen LogP contribution in [0.5, 0.6) is 0 Å².